The first-order valence-corrected chi connectivity index (χ1v) is 8.64. The monoisotopic (exact) mass is 466 g/mol. The van der Waals surface area contributed by atoms with Crippen molar-refractivity contribution in [1.82, 2.24) is 25.7 Å². The molecule has 8 nitrogen and oxygen atoms in total. The summed E-state index contributed by atoms with van der Waals surface area (Å²) in [6.07, 6.45) is 1.15. The van der Waals surface area contributed by atoms with Crippen LogP contribution in [0.1, 0.15) is 32.0 Å². The maximum absolute atomic E-state index is 5.47. The lowest BCUT2D eigenvalue weighted by atomic mass is 10.0. The maximum atomic E-state index is 5.47. The van der Waals surface area contributed by atoms with Crippen LogP contribution < -0.4 is 10.6 Å². The molecule has 0 aliphatic carbocycles. The van der Waals surface area contributed by atoms with E-state index in [4.69, 9.17) is 9.26 Å². The molecule has 9 heteroatoms. The number of hydrogen-bond donors (Lipinski definition) is 2. The van der Waals surface area contributed by atoms with Gasteiger partial charge in [-0.1, -0.05) is 19.0 Å². The molecule has 1 fully saturated rings. The lowest BCUT2D eigenvalue weighted by Gasteiger charge is -2.35. The predicted molar refractivity (Wildman–Crippen MR) is 108 cm³/mol. The third kappa shape index (κ3) is 7.87. The normalized spacial score (nSPS) is 17.2. The van der Waals surface area contributed by atoms with Crippen molar-refractivity contribution < 1.29 is 9.26 Å². The van der Waals surface area contributed by atoms with Gasteiger partial charge in [0.2, 0.25) is 5.89 Å². The van der Waals surface area contributed by atoms with Gasteiger partial charge in [0.25, 0.3) is 0 Å². The van der Waals surface area contributed by atoms with Crippen molar-refractivity contribution in [3.05, 3.63) is 11.7 Å². The number of rotatable bonds is 7. The van der Waals surface area contributed by atoms with Crippen LogP contribution in [0.2, 0.25) is 0 Å². The Bertz CT molecular complexity index is 516. The van der Waals surface area contributed by atoms with Crippen molar-refractivity contribution >= 4 is 29.9 Å². The molecule has 1 saturated heterocycles. The van der Waals surface area contributed by atoms with Gasteiger partial charge in [-0.25, -0.2) is 0 Å². The van der Waals surface area contributed by atoms with Crippen LogP contribution >= 0.6 is 24.0 Å². The van der Waals surface area contributed by atoms with Crippen LogP contribution in [0, 0.1) is 12.8 Å². The van der Waals surface area contributed by atoms with E-state index in [1.165, 1.54) is 0 Å². The molecular weight excluding hydrogens is 435 g/mol. The first-order valence-electron chi connectivity index (χ1n) is 8.64. The fourth-order valence-corrected chi connectivity index (χ4v) is 2.85. The van der Waals surface area contributed by atoms with E-state index >= 15 is 0 Å². The number of ether oxygens (including phenoxy) is 1. The third-order valence-electron chi connectivity index (χ3n) is 4.01. The molecule has 2 rings (SSSR count). The van der Waals surface area contributed by atoms with E-state index in [0.717, 1.165) is 45.2 Å². The van der Waals surface area contributed by atoms with Gasteiger partial charge in [-0.3, -0.25) is 9.89 Å². The summed E-state index contributed by atoms with van der Waals surface area (Å²) < 4.78 is 10.6. The van der Waals surface area contributed by atoms with Crippen LogP contribution in [-0.2, 0) is 11.3 Å². The van der Waals surface area contributed by atoms with Gasteiger partial charge >= 0.3 is 0 Å². The van der Waals surface area contributed by atoms with Crippen LogP contribution in [0.5, 0.6) is 0 Å². The fraction of sp³-hybridized carbons (Fsp3) is 0.812. The van der Waals surface area contributed by atoms with E-state index < -0.39 is 0 Å². The number of aryl methyl sites for hydroxylation is 1. The Balaban J connectivity index is 0.00000312. The Labute approximate surface area is 167 Å². The highest BCUT2D eigenvalue weighted by Crippen LogP contribution is 2.13. The highest BCUT2D eigenvalue weighted by atomic mass is 127. The molecule has 0 saturated carbocycles. The number of hydrogen-bond acceptors (Lipinski definition) is 6. The number of aromatic nitrogens is 2. The van der Waals surface area contributed by atoms with Gasteiger partial charge in [-0.15, -0.1) is 24.0 Å². The van der Waals surface area contributed by atoms with Crippen molar-refractivity contribution in [3.63, 3.8) is 0 Å². The zero-order valence-corrected chi connectivity index (χ0v) is 17.9. The Hall–Kier alpha value is -0.940. The Kier molecular flexibility index (Phi) is 10.3. The van der Waals surface area contributed by atoms with Gasteiger partial charge in [-0.2, -0.15) is 4.98 Å². The first-order chi connectivity index (χ1) is 11.6. The second kappa shape index (κ2) is 11.6. The topological polar surface area (TPSA) is 87.8 Å². The Morgan fingerprint density at radius 3 is 2.56 bits per heavy atom. The van der Waals surface area contributed by atoms with Crippen LogP contribution in [0.3, 0.4) is 0 Å². The van der Waals surface area contributed by atoms with Crippen molar-refractivity contribution in [3.8, 4) is 0 Å². The van der Waals surface area contributed by atoms with Gasteiger partial charge in [-0.05, 0) is 19.3 Å². The molecule has 25 heavy (non-hydrogen) atoms. The molecule has 1 aliphatic heterocycles. The van der Waals surface area contributed by atoms with E-state index in [1.54, 1.807) is 14.0 Å². The van der Waals surface area contributed by atoms with E-state index in [1.807, 2.05) is 0 Å². The lowest BCUT2D eigenvalue weighted by molar-refractivity contribution is 0.0132. The summed E-state index contributed by atoms with van der Waals surface area (Å²) >= 11 is 0. The number of aliphatic imine (C=N–C) groups is 1. The molecule has 2 heterocycles. The number of guanidine groups is 1. The van der Waals surface area contributed by atoms with E-state index in [2.05, 4.69) is 44.5 Å². The van der Waals surface area contributed by atoms with Gasteiger partial charge in [0.15, 0.2) is 11.8 Å². The standard InChI is InChI=1S/C16H30N6O2.HI/c1-12(2)9-14(22-5-7-23-8-6-22)10-18-16(17-4)19-11-15-20-13(3)21-24-15;/h12,14H,5-11H2,1-4H3,(H2,17,18,19);1H. The van der Waals surface area contributed by atoms with E-state index in [0.29, 0.717) is 30.2 Å². The smallest absolute Gasteiger partial charge is 0.246 e. The fourth-order valence-electron chi connectivity index (χ4n) is 2.85. The quantitative estimate of drug-likeness (QED) is 0.357. The predicted octanol–water partition coefficient (Wildman–Crippen LogP) is 1.41. The van der Waals surface area contributed by atoms with Crippen molar-refractivity contribution in [2.45, 2.75) is 39.8 Å². The summed E-state index contributed by atoms with van der Waals surface area (Å²) in [5.74, 6) is 2.59. The van der Waals surface area contributed by atoms with Crippen LogP contribution in [0.4, 0.5) is 0 Å². The van der Waals surface area contributed by atoms with Gasteiger partial charge < -0.3 is 19.9 Å². The molecule has 2 N–H and O–H groups in total. The molecule has 1 atom stereocenters. The summed E-state index contributed by atoms with van der Waals surface area (Å²) in [5, 5.41) is 10.4. The molecule has 0 bridgehead atoms. The average Bonchev–Trinajstić information content (AvgIpc) is 2.99. The lowest BCUT2D eigenvalue weighted by Crippen LogP contribution is -2.51. The van der Waals surface area contributed by atoms with Crippen LogP contribution in [-0.4, -0.2) is 66.9 Å². The highest BCUT2D eigenvalue weighted by molar-refractivity contribution is 14.0. The molecule has 0 radical (unpaired) electrons. The Morgan fingerprint density at radius 2 is 2.00 bits per heavy atom. The molecule has 0 aromatic carbocycles. The summed E-state index contributed by atoms with van der Waals surface area (Å²) in [6, 6.07) is 0.470. The van der Waals surface area contributed by atoms with E-state index in [9.17, 15) is 0 Å². The van der Waals surface area contributed by atoms with Gasteiger partial charge in [0, 0.05) is 32.7 Å². The van der Waals surface area contributed by atoms with Gasteiger partial charge in [0.05, 0.1) is 19.8 Å². The van der Waals surface area contributed by atoms with Crippen LogP contribution in [0.15, 0.2) is 9.52 Å². The minimum atomic E-state index is 0. The Morgan fingerprint density at radius 1 is 1.28 bits per heavy atom. The molecule has 1 aromatic heterocycles. The summed E-state index contributed by atoms with van der Waals surface area (Å²) in [5.41, 5.74) is 0. The largest absolute Gasteiger partial charge is 0.379 e. The molecule has 144 valence electrons. The number of morpholine rings is 1. The SMILES string of the molecule is CN=C(NCc1nc(C)no1)NCC(CC(C)C)N1CCOCC1.I. The summed E-state index contributed by atoms with van der Waals surface area (Å²) in [6.45, 7) is 11.3. The number of nitrogens with zero attached hydrogens (tertiary/aromatic N) is 4. The highest BCUT2D eigenvalue weighted by Gasteiger charge is 2.22. The second-order valence-corrected chi connectivity index (χ2v) is 6.47. The molecule has 1 aromatic rings. The summed E-state index contributed by atoms with van der Waals surface area (Å²) in [7, 11) is 1.76. The average molecular weight is 466 g/mol. The van der Waals surface area contributed by atoms with Gasteiger partial charge in [0.1, 0.15) is 0 Å². The van der Waals surface area contributed by atoms with E-state index in [-0.39, 0.29) is 24.0 Å². The minimum absolute atomic E-state index is 0. The molecule has 1 unspecified atom stereocenters. The van der Waals surface area contributed by atoms with Crippen LogP contribution in [0.25, 0.3) is 0 Å². The minimum Gasteiger partial charge on any atom is -0.379 e. The number of nitrogens with one attached hydrogen (secondary N) is 2. The zero-order valence-electron chi connectivity index (χ0n) is 15.6. The molecule has 0 spiro atoms. The molecular formula is C16H31IN6O2. The zero-order chi connectivity index (χ0) is 17.4. The molecule has 0 amide bonds. The second-order valence-electron chi connectivity index (χ2n) is 6.47. The third-order valence-corrected chi connectivity index (χ3v) is 4.01. The van der Waals surface area contributed by atoms with Crippen molar-refractivity contribution in [1.29, 1.82) is 0 Å². The summed E-state index contributed by atoms with van der Waals surface area (Å²) in [4.78, 5) is 11.0. The first kappa shape index (κ1) is 22.1. The van der Waals surface area contributed by atoms with Crippen molar-refractivity contribution in [2.75, 3.05) is 39.9 Å². The van der Waals surface area contributed by atoms with Crippen molar-refractivity contribution in [2.24, 2.45) is 10.9 Å². The maximum Gasteiger partial charge on any atom is 0.246 e. The molecule has 1 aliphatic rings. The number of halogens is 1.